The highest BCUT2D eigenvalue weighted by atomic mass is 16.6. The van der Waals surface area contributed by atoms with Crippen LogP contribution in [0.15, 0.2) is 85.1 Å². The van der Waals surface area contributed by atoms with Gasteiger partial charge in [0.25, 0.3) is 0 Å². The van der Waals surface area contributed by atoms with Gasteiger partial charge in [-0.25, -0.2) is 0 Å². The quantitative estimate of drug-likeness (QED) is 0.0347. The molecule has 60 heavy (non-hydrogen) atoms. The summed E-state index contributed by atoms with van der Waals surface area (Å²) in [5.41, 5.74) is 0. The van der Waals surface area contributed by atoms with E-state index in [4.69, 9.17) is 14.2 Å². The van der Waals surface area contributed by atoms with E-state index in [1.165, 1.54) is 89.9 Å². The molecule has 0 amide bonds. The molecule has 1 unspecified atom stereocenters. The van der Waals surface area contributed by atoms with Gasteiger partial charge < -0.3 is 14.2 Å². The van der Waals surface area contributed by atoms with Crippen molar-refractivity contribution < 1.29 is 23.8 Å². The Hall–Kier alpha value is -2.92. The van der Waals surface area contributed by atoms with E-state index in [0.717, 1.165) is 103 Å². The highest BCUT2D eigenvalue weighted by Gasteiger charge is 2.17. The number of rotatable bonds is 45. The van der Waals surface area contributed by atoms with Gasteiger partial charge in [0, 0.05) is 19.4 Å². The second kappa shape index (κ2) is 50.4. The summed E-state index contributed by atoms with van der Waals surface area (Å²) in [5.74, 6) is -0.437. The second-order valence-corrected chi connectivity index (χ2v) is 16.3. The molecular formula is C55H94O5. The molecule has 0 aliphatic rings. The minimum Gasteiger partial charge on any atom is -0.462 e. The average Bonchev–Trinajstić information content (AvgIpc) is 3.25. The van der Waals surface area contributed by atoms with Crippen LogP contribution in [0, 0.1) is 0 Å². The lowest BCUT2D eigenvalue weighted by Crippen LogP contribution is -2.30. The Balaban J connectivity index is 4.32. The second-order valence-electron chi connectivity index (χ2n) is 16.3. The molecule has 0 heterocycles. The molecule has 0 fully saturated rings. The Morgan fingerprint density at radius 1 is 0.383 bits per heavy atom. The van der Waals surface area contributed by atoms with E-state index in [-0.39, 0.29) is 25.2 Å². The van der Waals surface area contributed by atoms with Crippen LogP contribution in [0.2, 0.25) is 0 Å². The summed E-state index contributed by atoms with van der Waals surface area (Å²) in [6.07, 6.45) is 65.9. The zero-order valence-corrected chi connectivity index (χ0v) is 39.5. The molecule has 0 saturated heterocycles. The highest BCUT2D eigenvalue weighted by molar-refractivity contribution is 5.70. The predicted molar refractivity (Wildman–Crippen MR) is 260 cm³/mol. The van der Waals surface area contributed by atoms with Crippen LogP contribution in [0.4, 0.5) is 0 Å². The summed E-state index contributed by atoms with van der Waals surface area (Å²) in [6.45, 7) is 7.59. The Morgan fingerprint density at radius 3 is 1.27 bits per heavy atom. The molecule has 0 radical (unpaired) electrons. The fourth-order valence-corrected chi connectivity index (χ4v) is 6.63. The van der Waals surface area contributed by atoms with Crippen LogP contribution < -0.4 is 0 Å². The maximum Gasteiger partial charge on any atom is 0.306 e. The van der Waals surface area contributed by atoms with Crippen molar-refractivity contribution in [3.05, 3.63) is 85.1 Å². The lowest BCUT2D eigenvalue weighted by Gasteiger charge is -2.18. The van der Waals surface area contributed by atoms with Crippen molar-refractivity contribution in [3.8, 4) is 0 Å². The molecule has 5 heteroatoms. The first-order chi connectivity index (χ1) is 29.6. The first kappa shape index (κ1) is 57.1. The zero-order chi connectivity index (χ0) is 43.5. The van der Waals surface area contributed by atoms with Gasteiger partial charge in [-0.2, -0.15) is 0 Å². The molecule has 0 aromatic heterocycles. The molecule has 0 N–H and O–H groups in total. The van der Waals surface area contributed by atoms with Crippen molar-refractivity contribution in [2.45, 2.75) is 232 Å². The minimum atomic E-state index is -0.559. The van der Waals surface area contributed by atoms with Gasteiger partial charge >= 0.3 is 11.9 Å². The first-order valence-electron chi connectivity index (χ1n) is 25.1. The van der Waals surface area contributed by atoms with Gasteiger partial charge in [0.15, 0.2) is 6.10 Å². The molecule has 0 bridgehead atoms. The van der Waals surface area contributed by atoms with E-state index < -0.39 is 6.10 Å². The van der Waals surface area contributed by atoms with Crippen molar-refractivity contribution in [1.29, 1.82) is 0 Å². The van der Waals surface area contributed by atoms with Crippen LogP contribution in [-0.2, 0) is 23.8 Å². The molecule has 0 aromatic carbocycles. The summed E-state index contributed by atoms with van der Waals surface area (Å²) in [6, 6.07) is 0. The van der Waals surface area contributed by atoms with E-state index in [9.17, 15) is 9.59 Å². The molecule has 5 nitrogen and oxygen atoms in total. The number of esters is 2. The minimum absolute atomic E-state index is 0.0634. The zero-order valence-electron chi connectivity index (χ0n) is 39.5. The molecule has 0 aliphatic heterocycles. The third kappa shape index (κ3) is 47.8. The monoisotopic (exact) mass is 835 g/mol. The fraction of sp³-hybridized carbons (Fsp3) is 0.709. The number of carbonyl (C=O) groups excluding carboxylic acids is 2. The van der Waals surface area contributed by atoms with E-state index in [2.05, 4.69) is 106 Å². The molecule has 0 aromatic rings. The van der Waals surface area contributed by atoms with Crippen LogP contribution in [-0.4, -0.2) is 37.9 Å². The van der Waals surface area contributed by atoms with Crippen LogP contribution in [0.3, 0.4) is 0 Å². The van der Waals surface area contributed by atoms with E-state index in [0.29, 0.717) is 19.4 Å². The Labute approximate surface area is 371 Å². The molecule has 344 valence electrons. The number of ether oxygens (including phenoxy) is 3. The van der Waals surface area contributed by atoms with Crippen molar-refractivity contribution in [3.63, 3.8) is 0 Å². The van der Waals surface area contributed by atoms with E-state index >= 15 is 0 Å². The highest BCUT2D eigenvalue weighted by Crippen LogP contribution is 2.13. The number of carbonyl (C=O) groups is 2. The van der Waals surface area contributed by atoms with Crippen molar-refractivity contribution in [2.75, 3.05) is 19.8 Å². The van der Waals surface area contributed by atoms with Gasteiger partial charge in [0.2, 0.25) is 0 Å². The van der Waals surface area contributed by atoms with Crippen molar-refractivity contribution >= 4 is 11.9 Å². The van der Waals surface area contributed by atoms with E-state index in [1.54, 1.807) is 0 Å². The summed E-state index contributed by atoms with van der Waals surface area (Å²) in [7, 11) is 0. The number of hydrogen-bond acceptors (Lipinski definition) is 5. The van der Waals surface area contributed by atoms with Crippen molar-refractivity contribution in [1.82, 2.24) is 0 Å². The Morgan fingerprint density at radius 2 is 0.767 bits per heavy atom. The maximum absolute atomic E-state index is 12.7. The normalized spacial score (nSPS) is 12.9. The summed E-state index contributed by atoms with van der Waals surface area (Å²) < 4.78 is 17.3. The van der Waals surface area contributed by atoms with Gasteiger partial charge in [-0.1, -0.05) is 189 Å². The van der Waals surface area contributed by atoms with Crippen molar-refractivity contribution in [2.24, 2.45) is 0 Å². The predicted octanol–water partition coefficient (Wildman–Crippen LogP) is 16.9. The van der Waals surface area contributed by atoms with Gasteiger partial charge in [-0.15, -0.1) is 0 Å². The van der Waals surface area contributed by atoms with Crippen LogP contribution in [0.25, 0.3) is 0 Å². The van der Waals surface area contributed by atoms with Gasteiger partial charge in [0.05, 0.1) is 6.61 Å². The summed E-state index contributed by atoms with van der Waals surface area (Å²) in [5, 5.41) is 0. The molecule has 0 rings (SSSR count). The van der Waals surface area contributed by atoms with Crippen LogP contribution in [0.5, 0.6) is 0 Å². The fourth-order valence-electron chi connectivity index (χ4n) is 6.63. The van der Waals surface area contributed by atoms with Crippen LogP contribution >= 0.6 is 0 Å². The van der Waals surface area contributed by atoms with Crippen LogP contribution in [0.1, 0.15) is 226 Å². The summed E-state index contributed by atoms with van der Waals surface area (Å²) in [4.78, 5) is 25.3. The molecule has 0 saturated carbocycles. The summed E-state index contributed by atoms with van der Waals surface area (Å²) >= 11 is 0. The lowest BCUT2D eigenvalue weighted by molar-refractivity contribution is -0.163. The average molecular weight is 835 g/mol. The lowest BCUT2D eigenvalue weighted by atomic mass is 10.1. The van der Waals surface area contributed by atoms with Gasteiger partial charge in [-0.05, 0) is 109 Å². The maximum atomic E-state index is 12.7. The molecular weight excluding hydrogens is 741 g/mol. The first-order valence-corrected chi connectivity index (χ1v) is 25.1. The topological polar surface area (TPSA) is 61.8 Å². The smallest absolute Gasteiger partial charge is 0.306 e. The largest absolute Gasteiger partial charge is 0.462 e. The molecule has 0 spiro atoms. The Bertz CT molecular complexity index is 1130. The number of unbranched alkanes of at least 4 members (excludes halogenated alkanes) is 20. The van der Waals surface area contributed by atoms with E-state index in [1.807, 2.05) is 0 Å². The van der Waals surface area contributed by atoms with Gasteiger partial charge in [-0.3, -0.25) is 9.59 Å². The number of hydrogen-bond donors (Lipinski definition) is 0. The SMILES string of the molecule is CC/C=C\C/C=C\C/C=C\C/C=C\CCCCCCCOCC(COC(=O)CCCCCCC/C=C\C/C=C\CCCCC)OC(=O)CCCCCCC/C=C\CCCC. The Kier molecular flexibility index (Phi) is 48.0. The molecule has 1 atom stereocenters. The third-order valence-electron chi connectivity index (χ3n) is 10.4. The third-order valence-corrected chi connectivity index (χ3v) is 10.4. The number of allylic oxidation sites excluding steroid dienone is 14. The standard InChI is InChI=1S/C55H94O5/c1-4-7-10-13-16-19-22-24-26-27-28-30-32-35-38-41-44-47-50-58-51-53(60-55(57)49-46-43-40-37-33-21-18-15-12-9-6-3)52-59-54(56)48-45-42-39-36-34-31-29-25-23-20-17-14-11-8-5-2/h7,10,15-20,24-26,28-30,53H,4-6,8-9,11-14,21-23,27,31-52H2,1-3H3/b10-7-,18-15-,19-16-,20-17-,26-24-,29-25-,30-28-. The van der Waals surface area contributed by atoms with Gasteiger partial charge in [0.1, 0.15) is 6.61 Å². The molecule has 0 aliphatic carbocycles.